The van der Waals surface area contributed by atoms with Crippen LogP contribution in [-0.2, 0) is 4.74 Å². The summed E-state index contributed by atoms with van der Waals surface area (Å²) in [6.07, 6.45) is 3.05. The van der Waals surface area contributed by atoms with Crippen LogP contribution in [0.5, 0.6) is 0 Å². The molecule has 1 aliphatic rings. The minimum absolute atomic E-state index is 0.342. The van der Waals surface area contributed by atoms with Crippen LogP contribution >= 0.6 is 11.6 Å². The van der Waals surface area contributed by atoms with Crippen LogP contribution in [0.3, 0.4) is 0 Å². The van der Waals surface area contributed by atoms with E-state index in [9.17, 15) is 4.79 Å². The average molecular weight is 339 g/mol. The first kappa shape index (κ1) is 17.9. The second-order valence-corrected chi connectivity index (χ2v) is 7.72. The fourth-order valence-corrected chi connectivity index (χ4v) is 3.22. The van der Waals surface area contributed by atoms with E-state index >= 15 is 0 Å². The van der Waals surface area contributed by atoms with Gasteiger partial charge in [0.05, 0.1) is 0 Å². The van der Waals surface area contributed by atoms with E-state index in [0.29, 0.717) is 18.5 Å². The Morgan fingerprint density at radius 3 is 2.74 bits per heavy atom. The maximum Gasteiger partial charge on any atom is 0.407 e. The first-order chi connectivity index (χ1) is 10.7. The number of aryl methyl sites for hydroxylation is 1. The number of benzene rings is 1. The highest BCUT2D eigenvalue weighted by molar-refractivity contribution is 6.30. The quantitative estimate of drug-likeness (QED) is 0.832. The van der Waals surface area contributed by atoms with Gasteiger partial charge in [0.25, 0.3) is 0 Å². The number of anilines is 1. The molecule has 2 rings (SSSR count). The molecule has 2 N–H and O–H groups in total. The third-order valence-corrected chi connectivity index (χ3v) is 4.33. The molecule has 1 aromatic rings. The highest BCUT2D eigenvalue weighted by Gasteiger charge is 2.28. The molecule has 0 aromatic heterocycles. The second kappa shape index (κ2) is 7.43. The normalized spacial score (nSPS) is 21.1. The topological polar surface area (TPSA) is 50.4 Å². The van der Waals surface area contributed by atoms with Gasteiger partial charge >= 0.3 is 6.09 Å². The first-order valence-corrected chi connectivity index (χ1v) is 8.62. The number of alkyl carbamates (subject to hydrolysis) is 1. The molecule has 5 heteroatoms. The standard InChI is InChI=1S/C18H27ClN2O2/c1-12-10-14(19)8-9-15(12)21-16-7-5-6-13(16)11-20-17(22)23-18(2,3)4/h8-10,13,16,21H,5-7,11H2,1-4H3,(H,20,22). The summed E-state index contributed by atoms with van der Waals surface area (Å²) in [5, 5.41) is 7.26. The highest BCUT2D eigenvalue weighted by Crippen LogP contribution is 2.30. The fourth-order valence-electron chi connectivity index (χ4n) is 2.99. The predicted octanol–water partition coefficient (Wildman–Crippen LogP) is 4.75. The van der Waals surface area contributed by atoms with Gasteiger partial charge in [0.1, 0.15) is 5.60 Å². The highest BCUT2D eigenvalue weighted by atomic mass is 35.5. The van der Waals surface area contributed by atoms with Crippen molar-refractivity contribution in [2.24, 2.45) is 5.92 Å². The average Bonchev–Trinajstić information content (AvgIpc) is 2.85. The van der Waals surface area contributed by atoms with E-state index in [0.717, 1.165) is 29.1 Å². The van der Waals surface area contributed by atoms with Crippen molar-refractivity contribution in [3.8, 4) is 0 Å². The Morgan fingerprint density at radius 1 is 1.35 bits per heavy atom. The fraction of sp³-hybridized carbons (Fsp3) is 0.611. The summed E-state index contributed by atoms with van der Waals surface area (Å²) in [6, 6.07) is 6.26. The van der Waals surface area contributed by atoms with E-state index in [1.807, 2.05) is 39.0 Å². The lowest BCUT2D eigenvalue weighted by molar-refractivity contribution is 0.0519. The molecule has 2 unspecified atom stereocenters. The van der Waals surface area contributed by atoms with E-state index in [4.69, 9.17) is 16.3 Å². The molecule has 128 valence electrons. The molecule has 1 aromatic carbocycles. The minimum Gasteiger partial charge on any atom is -0.444 e. The number of nitrogens with one attached hydrogen (secondary N) is 2. The molecule has 4 nitrogen and oxygen atoms in total. The second-order valence-electron chi connectivity index (χ2n) is 7.28. The third-order valence-electron chi connectivity index (χ3n) is 4.10. The summed E-state index contributed by atoms with van der Waals surface area (Å²) in [6.45, 7) is 8.30. The van der Waals surface area contributed by atoms with Gasteiger partial charge in [-0.2, -0.15) is 0 Å². The zero-order valence-electron chi connectivity index (χ0n) is 14.4. The number of hydrogen-bond acceptors (Lipinski definition) is 3. The van der Waals surface area contributed by atoms with Crippen molar-refractivity contribution >= 4 is 23.4 Å². The zero-order valence-corrected chi connectivity index (χ0v) is 15.2. The van der Waals surface area contributed by atoms with Crippen LogP contribution < -0.4 is 10.6 Å². The molecule has 1 fully saturated rings. The van der Waals surface area contributed by atoms with E-state index in [1.54, 1.807) is 0 Å². The minimum atomic E-state index is -0.460. The van der Waals surface area contributed by atoms with Gasteiger partial charge in [0, 0.05) is 23.3 Å². The van der Waals surface area contributed by atoms with Crippen molar-refractivity contribution in [2.45, 2.75) is 58.6 Å². The van der Waals surface area contributed by atoms with Crippen molar-refractivity contribution in [1.82, 2.24) is 5.32 Å². The monoisotopic (exact) mass is 338 g/mol. The Labute approximate surface area is 143 Å². The Balaban J connectivity index is 1.89. The summed E-state index contributed by atoms with van der Waals surface area (Å²) in [5.41, 5.74) is 1.80. The molecule has 23 heavy (non-hydrogen) atoms. The number of halogens is 1. The molecule has 2 atom stereocenters. The third kappa shape index (κ3) is 5.61. The number of hydrogen-bond donors (Lipinski definition) is 2. The van der Waals surface area contributed by atoms with E-state index < -0.39 is 5.60 Å². The largest absolute Gasteiger partial charge is 0.444 e. The van der Waals surface area contributed by atoms with E-state index in [-0.39, 0.29) is 6.09 Å². The van der Waals surface area contributed by atoms with Crippen LogP contribution in [0.4, 0.5) is 10.5 Å². The first-order valence-electron chi connectivity index (χ1n) is 8.24. The molecule has 0 aliphatic heterocycles. The summed E-state index contributed by atoms with van der Waals surface area (Å²) in [4.78, 5) is 11.8. The maximum atomic E-state index is 11.8. The van der Waals surface area contributed by atoms with Crippen LogP contribution in [0.2, 0.25) is 5.02 Å². The number of ether oxygens (including phenoxy) is 1. The summed E-state index contributed by atoms with van der Waals surface area (Å²) in [5.74, 6) is 0.414. The van der Waals surface area contributed by atoms with Crippen LogP contribution in [0.15, 0.2) is 18.2 Å². The summed E-state index contributed by atoms with van der Waals surface area (Å²) < 4.78 is 5.30. The number of amides is 1. The van der Waals surface area contributed by atoms with Crippen LogP contribution in [0, 0.1) is 12.8 Å². The SMILES string of the molecule is Cc1cc(Cl)ccc1NC1CCCC1CNC(=O)OC(C)(C)C. The maximum absolute atomic E-state index is 11.8. The molecule has 1 aliphatic carbocycles. The van der Waals surface area contributed by atoms with Crippen molar-refractivity contribution < 1.29 is 9.53 Å². The van der Waals surface area contributed by atoms with Gasteiger partial charge in [-0.05, 0) is 70.2 Å². The van der Waals surface area contributed by atoms with Gasteiger partial charge in [0.15, 0.2) is 0 Å². The number of carbonyl (C=O) groups is 1. The van der Waals surface area contributed by atoms with Gasteiger partial charge in [-0.1, -0.05) is 18.0 Å². The van der Waals surface area contributed by atoms with Gasteiger partial charge in [-0.25, -0.2) is 4.79 Å². The van der Waals surface area contributed by atoms with Crippen LogP contribution in [0.1, 0.15) is 45.6 Å². The number of carbonyl (C=O) groups excluding carboxylic acids is 1. The molecular weight excluding hydrogens is 312 g/mol. The molecule has 0 radical (unpaired) electrons. The number of rotatable bonds is 4. The van der Waals surface area contributed by atoms with Gasteiger partial charge in [0.2, 0.25) is 0 Å². The lowest BCUT2D eigenvalue weighted by atomic mass is 10.0. The van der Waals surface area contributed by atoms with Gasteiger partial charge in [-0.3, -0.25) is 0 Å². The summed E-state index contributed by atoms with van der Waals surface area (Å²) >= 11 is 6.01. The van der Waals surface area contributed by atoms with Crippen molar-refractivity contribution in [2.75, 3.05) is 11.9 Å². The van der Waals surface area contributed by atoms with Crippen molar-refractivity contribution in [1.29, 1.82) is 0 Å². The van der Waals surface area contributed by atoms with Crippen LogP contribution in [0.25, 0.3) is 0 Å². The molecule has 0 spiro atoms. The Hall–Kier alpha value is -1.42. The zero-order chi connectivity index (χ0) is 17.0. The van der Waals surface area contributed by atoms with Gasteiger partial charge < -0.3 is 15.4 Å². The molecule has 1 amide bonds. The predicted molar refractivity (Wildman–Crippen MR) is 95.2 cm³/mol. The Kier molecular flexibility index (Phi) is 5.79. The summed E-state index contributed by atoms with van der Waals surface area (Å²) in [7, 11) is 0. The molecule has 1 saturated carbocycles. The Morgan fingerprint density at radius 2 is 2.09 bits per heavy atom. The van der Waals surface area contributed by atoms with Crippen molar-refractivity contribution in [3.63, 3.8) is 0 Å². The van der Waals surface area contributed by atoms with Gasteiger partial charge in [-0.15, -0.1) is 0 Å². The smallest absolute Gasteiger partial charge is 0.407 e. The van der Waals surface area contributed by atoms with E-state index in [2.05, 4.69) is 17.6 Å². The van der Waals surface area contributed by atoms with Crippen molar-refractivity contribution in [3.05, 3.63) is 28.8 Å². The molecule has 0 heterocycles. The van der Waals surface area contributed by atoms with E-state index in [1.165, 1.54) is 6.42 Å². The molecule has 0 bridgehead atoms. The lowest BCUT2D eigenvalue weighted by Crippen LogP contribution is -2.38. The molecule has 0 saturated heterocycles. The lowest BCUT2D eigenvalue weighted by Gasteiger charge is -2.25. The Bertz CT molecular complexity index is 554. The molecular formula is C18H27ClN2O2. The van der Waals surface area contributed by atoms with Crippen LogP contribution in [-0.4, -0.2) is 24.3 Å².